The predicted octanol–water partition coefficient (Wildman–Crippen LogP) is 5.18. The highest BCUT2D eigenvalue weighted by molar-refractivity contribution is 7.99. The molecular formula is C24H26N6OS. The van der Waals surface area contributed by atoms with Crippen LogP contribution in [-0.2, 0) is 0 Å². The van der Waals surface area contributed by atoms with Gasteiger partial charge in [0.05, 0.1) is 16.2 Å². The van der Waals surface area contributed by atoms with Crippen molar-refractivity contribution in [1.82, 2.24) is 29.7 Å². The van der Waals surface area contributed by atoms with Gasteiger partial charge in [-0.1, -0.05) is 43.7 Å². The van der Waals surface area contributed by atoms with E-state index in [2.05, 4.69) is 31.7 Å². The first-order chi connectivity index (χ1) is 15.6. The summed E-state index contributed by atoms with van der Waals surface area (Å²) in [7, 11) is 0. The molecule has 1 aliphatic rings. The lowest BCUT2D eigenvalue weighted by Crippen LogP contribution is -2.23. The summed E-state index contributed by atoms with van der Waals surface area (Å²) in [6.07, 6.45) is 8.40. The minimum atomic E-state index is -0.114. The summed E-state index contributed by atoms with van der Waals surface area (Å²) in [5.74, 6) is 2.04. The number of pyridine rings is 1. The van der Waals surface area contributed by atoms with Crippen LogP contribution < -0.4 is 5.56 Å². The fourth-order valence-corrected chi connectivity index (χ4v) is 5.50. The molecule has 3 atom stereocenters. The highest BCUT2D eigenvalue weighted by Gasteiger charge is 2.29. The Labute approximate surface area is 190 Å². The van der Waals surface area contributed by atoms with E-state index in [1.165, 1.54) is 19.3 Å². The van der Waals surface area contributed by atoms with Crippen LogP contribution in [0.25, 0.3) is 22.3 Å². The summed E-state index contributed by atoms with van der Waals surface area (Å²) in [6, 6.07) is 11.7. The van der Waals surface area contributed by atoms with Crippen molar-refractivity contribution in [2.45, 2.75) is 56.0 Å². The molecule has 3 aromatic heterocycles. The quantitative estimate of drug-likeness (QED) is 0.425. The van der Waals surface area contributed by atoms with E-state index >= 15 is 0 Å². The highest BCUT2D eigenvalue weighted by atomic mass is 32.2. The molecule has 0 saturated heterocycles. The highest BCUT2D eigenvalue weighted by Crippen LogP contribution is 2.41. The van der Waals surface area contributed by atoms with E-state index in [9.17, 15) is 4.79 Å². The zero-order valence-electron chi connectivity index (χ0n) is 18.2. The maximum Gasteiger partial charge on any atom is 0.258 e. The van der Waals surface area contributed by atoms with Gasteiger partial charge >= 0.3 is 0 Å². The van der Waals surface area contributed by atoms with Gasteiger partial charge in [0.15, 0.2) is 11.0 Å². The van der Waals surface area contributed by atoms with Crippen LogP contribution in [0.4, 0.5) is 0 Å². The molecule has 1 saturated carbocycles. The van der Waals surface area contributed by atoms with Crippen molar-refractivity contribution in [2.24, 2.45) is 5.92 Å². The van der Waals surface area contributed by atoms with Gasteiger partial charge in [-0.3, -0.25) is 14.3 Å². The molecule has 1 aliphatic carbocycles. The lowest BCUT2D eigenvalue weighted by molar-refractivity contribution is 0.247. The lowest BCUT2D eigenvalue weighted by Gasteiger charge is -2.31. The van der Waals surface area contributed by atoms with Crippen LogP contribution in [-0.4, -0.2) is 29.7 Å². The van der Waals surface area contributed by atoms with Crippen LogP contribution in [0.5, 0.6) is 0 Å². The monoisotopic (exact) mass is 446 g/mol. The molecule has 0 radical (unpaired) electrons. The average Bonchev–Trinajstić information content (AvgIpc) is 3.23. The van der Waals surface area contributed by atoms with Crippen molar-refractivity contribution >= 4 is 22.7 Å². The van der Waals surface area contributed by atoms with E-state index in [1.807, 2.05) is 43.5 Å². The topological polar surface area (TPSA) is 89.3 Å². The van der Waals surface area contributed by atoms with E-state index in [1.54, 1.807) is 24.0 Å². The molecule has 8 heteroatoms. The van der Waals surface area contributed by atoms with Crippen LogP contribution in [0.15, 0.2) is 58.7 Å². The number of benzene rings is 1. The molecule has 0 amide bonds. The number of nitrogens with zero attached hydrogens (tertiary/aromatic N) is 5. The number of H-pyrrole nitrogens is 1. The zero-order chi connectivity index (χ0) is 22.1. The molecule has 0 unspecified atom stereocenters. The standard InChI is InChI=1S/C24H26N6OS/c1-15-8-3-6-12-20(15)30-22(17-9-7-13-25-14-17)28-29-24(30)32-16(2)21-26-19-11-5-4-10-18(19)23(31)27-21/h4-5,7,9-11,13-16,20H,3,6,8,12H2,1-2H3,(H,26,27,31)/t15-,16-,20-/m0/s1. The molecule has 1 fully saturated rings. The molecule has 4 aromatic rings. The van der Waals surface area contributed by atoms with Gasteiger partial charge in [-0.15, -0.1) is 10.2 Å². The Bertz CT molecular complexity index is 1280. The van der Waals surface area contributed by atoms with Crippen LogP contribution in [0.1, 0.15) is 56.6 Å². The number of hydrogen-bond acceptors (Lipinski definition) is 6. The molecule has 1 N–H and O–H groups in total. The normalized spacial score (nSPS) is 19.8. The van der Waals surface area contributed by atoms with E-state index in [4.69, 9.17) is 4.98 Å². The summed E-state index contributed by atoms with van der Waals surface area (Å²) in [6.45, 7) is 4.36. The van der Waals surface area contributed by atoms with Crippen LogP contribution in [0.3, 0.4) is 0 Å². The molecule has 32 heavy (non-hydrogen) atoms. The van der Waals surface area contributed by atoms with Crippen LogP contribution in [0, 0.1) is 5.92 Å². The van der Waals surface area contributed by atoms with E-state index in [-0.39, 0.29) is 10.8 Å². The number of aromatic nitrogens is 6. The molecule has 7 nitrogen and oxygen atoms in total. The molecule has 5 rings (SSSR count). The molecule has 3 heterocycles. The van der Waals surface area contributed by atoms with E-state index in [0.717, 1.165) is 23.0 Å². The summed E-state index contributed by atoms with van der Waals surface area (Å²) < 4.78 is 2.29. The van der Waals surface area contributed by atoms with Crippen molar-refractivity contribution < 1.29 is 0 Å². The molecule has 0 bridgehead atoms. The van der Waals surface area contributed by atoms with Crippen LogP contribution in [0.2, 0.25) is 0 Å². The van der Waals surface area contributed by atoms with Gasteiger partial charge in [0.1, 0.15) is 5.82 Å². The van der Waals surface area contributed by atoms with E-state index < -0.39 is 0 Å². The van der Waals surface area contributed by atoms with Gasteiger partial charge in [0.25, 0.3) is 5.56 Å². The van der Waals surface area contributed by atoms with E-state index in [0.29, 0.717) is 28.7 Å². The van der Waals surface area contributed by atoms with Crippen molar-refractivity contribution in [3.05, 3.63) is 65.0 Å². The van der Waals surface area contributed by atoms with Crippen molar-refractivity contribution in [3.8, 4) is 11.4 Å². The summed E-state index contributed by atoms with van der Waals surface area (Å²) in [4.78, 5) is 24.5. The number of nitrogens with one attached hydrogen (secondary N) is 1. The Morgan fingerprint density at radius 3 is 2.78 bits per heavy atom. The van der Waals surface area contributed by atoms with Crippen LogP contribution >= 0.6 is 11.8 Å². The first-order valence-corrected chi connectivity index (χ1v) is 12.0. The fraction of sp³-hybridized carbons (Fsp3) is 0.375. The van der Waals surface area contributed by atoms with Crippen molar-refractivity contribution in [2.75, 3.05) is 0 Å². The molecule has 1 aromatic carbocycles. The smallest absolute Gasteiger partial charge is 0.258 e. The third-order valence-corrected chi connectivity index (χ3v) is 7.35. The second-order valence-corrected chi connectivity index (χ2v) is 9.78. The number of aromatic amines is 1. The molecule has 0 aliphatic heterocycles. The second kappa shape index (κ2) is 8.86. The Morgan fingerprint density at radius 1 is 1.12 bits per heavy atom. The summed E-state index contributed by atoms with van der Waals surface area (Å²) in [5.41, 5.74) is 1.56. The molecule has 0 spiro atoms. The van der Waals surface area contributed by atoms with Crippen molar-refractivity contribution in [1.29, 1.82) is 0 Å². The number of para-hydroxylation sites is 1. The third-order valence-electron chi connectivity index (χ3n) is 6.28. The zero-order valence-corrected chi connectivity index (χ0v) is 19.0. The van der Waals surface area contributed by atoms with Gasteiger partial charge in [0, 0.05) is 24.0 Å². The van der Waals surface area contributed by atoms with Gasteiger partial charge < -0.3 is 4.98 Å². The maximum atomic E-state index is 12.6. The minimum absolute atomic E-state index is 0.0871. The minimum Gasteiger partial charge on any atom is -0.309 e. The number of rotatable bonds is 5. The number of hydrogen-bond donors (Lipinski definition) is 1. The first-order valence-electron chi connectivity index (χ1n) is 11.1. The summed E-state index contributed by atoms with van der Waals surface area (Å²) in [5, 5.41) is 10.5. The lowest BCUT2D eigenvalue weighted by atomic mass is 9.85. The van der Waals surface area contributed by atoms with Gasteiger partial charge in [-0.25, -0.2) is 4.98 Å². The summed E-state index contributed by atoms with van der Waals surface area (Å²) >= 11 is 1.59. The molecular weight excluding hydrogens is 420 g/mol. The predicted molar refractivity (Wildman–Crippen MR) is 127 cm³/mol. The number of fused-ring (bicyclic) bond motifs is 1. The fourth-order valence-electron chi connectivity index (χ4n) is 4.54. The van der Waals surface area contributed by atoms with Gasteiger partial charge in [0.2, 0.25) is 0 Å². The Balaban J connectivity index is 1.53. The average molecular weight is 447 g/mol. The molecule has 164 valence electrons. The SMILES string of the molecule is C[C@H](Sc1nnc(-c2cccnc2)n1[C@H]1CCCC[C@@H]1C)c1nc2ccccc2c(=O)[nH]1. The Morgan fingerprint density at radius 2 is 1.97 bits per heavy atom. The third kappa shape index (κ3) is 3.95. The van der Waals surface area contributed by atoms with Gasteiger partial charge in [-0.2, -0.15) is 0 Å². The van der Waals surface area contributed by atoms with Crippen molar-refractivity contribution in [3.63, 3.8) is 0 Å². The van der Waals surface area contributed by atoms with Gasteiger partial charge in [-0.05, 0) is 49.9 Å². The Hall–Kier alpha value is -3.00. The maximum absolute atomic E-state index is 12.6. The number of thioether (sulfide) groups is 1. The largest absolute Gasteiger partial charge is 0.309 e. The first kappa shape index (κ1) is 20.9. The Kier molecular flexibility index (Phi) is 5.78. The second-order valence-electron chi connectivity index (χ2n) is 8.48.